The van der Waals surface area contributed by atoms with Crippen LogP contribution in [0, 0.1) is 0 Å². The van der Waals surface area contributed by atoms with Gasteiger partial charge in [0.25, 0.3) is 0 Å². The van der Waals surface area contributed by atoms with Crippen LogP contribution in [0.15, 0.2) is 0 Å². The SMILES string of the molecule is COCCNCc1nnc(C2CCCCS2)s1. The molecule has 1 fully saturated rings. The molecule has 2 rings (SSSR count). The minimum Gasteiger partial charge on any atom is -0.383 e. The van der Waals surface area contributed by atoms with E-state index in [1.54, 1.807) is 18.4 Å². The number of rotatable bonds is 6. The summed E-state index contributed by atoms with van der Waals surface area (Å²) < 4.78 is 4.98. The Morgan fingerprint density at radius 3 is 3.12 bits per heavy atom. The van der Waals surface area contributed by atoms with Gasteiger partial charge in [0.15, 0.2) is 0 Å². The summed E-state index contributed by atoms with van der Waals surface area (Å²) in [5.74, 6) is 1.27. The molecule has 0 amide bonds. The van der Waals surface area contributed by atoms with Crippen molar-refractivity contribution in [2.45, 2.75) is 31.1 Å². The van der Waals surface area contributed by atoms with Crippen LogP contribution in [0.3, 0.4) is 0 Å². The minimum absolute atomic E-state index is 0.592. The van der Waals surface area contributed by atoms with Crippen LogP contribution in [0.2, 0.25) is 0 Å². The fourth-order valence-corrected chi connectivity index (χ4v) is 4.13. The van der Waals surface area contributed by atoms with Crippen molar-refractivity contribution in [3.63, 3.8) is 0 Å². The van der Waals surface area contributed by atoms with Crippen molar-refractivity contribution in [3.8, 4) is 0 Å². The first-order chi connectivity index (χ1) is 8.40. The molecule has 0 saturated carbocycles. The molecule has 2 heterocycles. The van der Waals surface area contributed by atoms with Gasteiger partial charge >= 0.3 is 0 Å². The highest BCUT2D eigenvalue weighted by molar-refractivity contribution is 7.99. The molecule has 1 aliphatic rings. The lowest BCUT2D eigenvalue weighted by molar-refractivity contribution is 0.199. The third kappa shape index (κ3) is 4.21. The zero-order chi connectivity index (χ0) is 11.9. The minimum atomic E-state index is 0.592. The molecule has 1 unspecified atom stereocenters. The maximum Gasteiger partial charge on any atom is 0.131 e. The summed E-state index contributed by atoms with van der Waals surface area (Å²) >= 11 is 3.78. The number of hydrogen-bond acceptors (Lipinski definition) is 6. The number of nitrogens with one attached hydrogen (secondary N) is 1. The fourth-order valence-electron chi connectivity index (χ4n) is 1.77. The van der Waals surface area contributed by atoms with E-state index in [2.05, 4.69) is 15.5 Å². The van der Waals surface area contributed by atoms with Gasteiger partial charge in [-0.1, -0.05) is 17.8 Å². The molecule has 4 nitrogen and oxygen atoms in total. The van der Waals surface area contributed by atoms with E-state index in [4.69, 9.17) is 4.74 Å². The van der Waals surface area contributed by atoms with Crippen LogP contribution in [0.5, 0.6) is 0 Å². The van der Waals surface area contributed by atoms with Gasteiger partial charge in [-0.05, 0) is 18.6 Å². The van der Waals surface area contributed by atoms with Crippen molar-refractivity contribution >= 4 is 23.1 Å². The number of methoxy groups -OCH3 is 1. The summed E-state index contributed by atoms with van der Waals surface area (Å²) in [4.78, 5) is 0. The van der Waals surface area contributed by atoms with Gasteiger partial charge in [0.1, 0.15) is 10.0 Å². The summed E-state index contributed by atoms with van der Waals surface area (Å²) in [5.41, 5.74) is 0. The summed E-state index contributed by atoms with van der Waals surface area (Å²) in [6, 6.07) is 0. The van der Waals surface area contributed by atoms with Crippen molar-refractivity contribution in [2.75, 3.05) is 26.0 Å². The van der Waals surface area contributed by atoms with E-state index >= 15 is 0 Å². The Labute approximate surface area is 111 Å². The maximum absolute atomic E-state index is 4.98. The number of thioether (sulfide) groups is 1. The lowest BCUT2D eigenvalue weighted by Gasteiger charge is -2.17. The predicted octanol–water partition coefficient (Wildman–Crippen LogP) is 2.23. The normalized spacial score (nSPS) is 20.6. The molecule has 0 radical (unpaired) electrons. The van der Waals surface area contributed by atoms with Gasteiger partial charge in [0.05, 0.1) is 11.9 Å². The number of ether oxygens (including phenoxy) is 1. The van der Waals surface area contributed by atoms with Crippen LogP contribution in [0.4, 0.5) is 0 Å². The predicted molar refractivity (Wildman–Crippen MR) is 72.5 cm³/mol. The summed E-state index contributed by atoms with van der Waals surface area (Å²) in [6.07, 6.45) is 3.94. The Kier molecular flexibility index (Phi) is 5.70. The zero-order valence-corrected chi connectivity index (χ0v) is 11.8. The van der Waals surface area contributed by atoms with Gasteiger partial charge in [-0.2, -0.15) is 11.8 Å². The molecule has 0 spiro atoms. The highest BCUT2D eigenvalue weighted by Crippen LogP contribution is 2.39. The van der Waals surface area contributed by atoms with Crippen molar-refractivity contribution in [1.82, 2.24) is 15.5 Å². The van der Waals surface area contributed by atoms with E-state index in [1.165, 1.54) is 30.0 Å². The van der Waals surface area contributed by atoms with Crippen molar-refractivity contribution < 1.29 is 4.74 Å². The molecule has 0 aromatic carbocycles. The van der Waals surface area contributed by atoms with Crippen molar-refractivity contribution in [3.05, 3.63) is 10.0 Å². The average Bonchev–Trinajstić information content (AvgIpc) is 2.85. The third-order valence-electron chi connectivity index (χ3n) is 2.70. The highest BCUT2D eigenvalue weighted by Gasteiger charge is 2.19. The van der Waals surface area contributed by atoms with E-state index < -0.39 is 0 Å². The third-order valence-corrected chi connectivity index (χ3v) is 5.27. The molecule has 1 atom stereocenters. The van der Waals surface area contributed by atoms with Crippen LogP contribution < -0.4 is 5.32 Å². The second-order valence-corrected chi connectivity index (χ2v) is 6.46. The zero-order valence-electron chi connectivity index (χ0n) is 10.1. The first-order valence-corrected chi connectivity index (χ1v) is 7.90. The van der Waals surface area contributed by atoms with Gasteiger partial charge in [0.2, 0.25) is 0 Å². The van der Waals surface area contributed by atoms with Crippen LogP contribution in [-0.4, -0.2) is 36.2 Å². The highest BCUT2D eigenvalue weighted by atomic mass is 32.2. The average molecular weight is 273 g/mol. The van der Waals surface area contributed by atoms with E-state index in [0.717, 1.165) is 24.7 Å². The fraction of sp³-hybridized carbons (Fsp3) is 0.818. The van der Waals surface area contributed by atoms with Gasteiger partial charge < -0.3 is 10.1 Å². The first-order valence-electron chi connectivity index (χ1n) is 6.03. The van der Waals surface area contributed by atoms with E-state index in [1.807, 2.05) is 11.8 Å². The number of nitrogens with zero attached hydrogens (tertiary/aromatic N) is 2. The quantitative estimate of drug-likeness (QED) is 0.805. The maximum atomic E-state index is 4.98. The largest absolute Gasteiger partial charge is 0.383 e. The second-order valence-electron chi connectivity index (χ2n) is 4.06. The molecule has 0 bridgehead atoms. The van der Waals surface area contributed by atoms with Crippen LogP contribution in [-0.2, 0) is 11.3 Å². The number of aromatic nitrogens is 2. The first kappa shape index (κ1) is 13.3. The molecule has 1 saturated heterocycles. The Hall–Kier alpha value is -0.170. The summed E-state index contributed by atoms with van der Waals surface area (Å²) in [6.45, 7) is 2.41. The van der Waals surface area contributed by atoms with Crippen LogP contribution >= 0.6 is 23.1 Å². The number of hydrogen-bond donors (Lipinski definition) is 1. The Bertz CT molecular complexity index is 326. The lowest BCUT2D eigenvalue weighted by atomic mass is 10.2. The Morgan fingerprint density at radius 2 is 2.35 bits per heavy atom. The van der Waals surface area contributed by atoms with Crippen molar-refractivity contribution in [2.24, 2.45) is 0 Å². The molecule has 17 heavy (non-hydrogen) atoms. The lowest BCUT2D eigenvalue weighted by Crippen LogP contribution is -2.18. The standard InChI is InChI=1S/C11H19N3OS2/c1-15-6-5-12-8-10-13-14-11(17-10)9-4-2-3-7-16-9/h9,12H,2-8H2,1H3. The molecule has 1 N–H and O–H groups in total. The molecular formula is C11H19N3OS2. The smallest absolute Gasteiger partial charge is 0.131 e. The summed E-state index contributed by atoms with van der Waals surface area (Å²) in [7, 11) is 1.71. The molecule has 1 aromatic rings. The van der Waals surface area contributed by atoms with Gasteiger partial charge in [-0.25, -0.2) is 0 Å². The second kappa shape index (κ2) is 7.31. The molecule has 1 aliphatic heterocycles. The van der Waals surface area contributed by atoms with E-state index in [9.17, 15) is 0 Å². The van der Waals surface area contributed by atoms with Crippen molar-refractivity contribution in [1.29, 1.82) is 0 Å². The van der Waals surface area contributed by atoms with Gasteiger partial charge in [0, 0.05) is 20.2 Å². The molecule has 1 aromatic heterocycles. The molecular weight excluding hydrogens is 254 g/mol. The van der Waals surface area contributed by atoms with Crippen LogP contribution in [0.25, 0.3) is 0 Å². The monoisotopic (exact) mass is 273 g/mol. The topological polar surface area (TPSA) is 47.0 Å². The van der Waals surface area contributed by atoms with Crippen LogP contribution in [0.1, 0.15) is 34.5 Å². The summed E-state index contributed by atoms with van der Waals surface area (Å²) in [5, 5.41) is 14.7. The van der Waals surface area contributed by atoms with E-state index in [-0.39, 0.29) is 0 Å². The Morgan fingerprint density at radius 1 is 1.41 bits per heavy atom. The molecule has 0 aliphatic carbocycles. The van der Waals surface area contributed by atoms with Gasteiger partial charge in [-0.15, -0.1) is 10.2 Å². The molecule has 6 heteroatoms. The molecule has 96 valence electrons. The van der Waals surface area contributed by atoms with Gasteiger partial charge in [-0.3, -0.25) is 0 Å². The Balaban J connectivity index is 1.78. The van der Waals surface area contributed by atoms with E-state index in [0.29, 0.717) is 5.25 Å².